The van der Waals surface area contributed by atoms with Crippen LogP contribution in [0.1, 0.15) is 12.5 Å². The average Bonchev–Trinajstić information content (AvgIpc) is 3.11. The summed E-state index contributed by atoms with van der Waals surface area (Å²) in [5.41, 5.74) is 1.87. The second-order valence-electron chi connectivity index (χ2n) is 3.65. The fraction of sp³-hybridized carbons (Fsp3) is 0.417. The van der Waals surface area contributed by atoms with Gasteiger partial charge in [-0.25, -0.2) is 0 Å². The van der Waals surface area contributed by atoms with E-state index in [1.807, 2.05) is 31.2 Å². The van der Waals surface area contributed by atoms with Crippen molar-refractivity contribution in [1.82, 2.24) is 0 Å². The Morgan fingerprint density at radius 2 is 2.12 bits per heavy atom. The fourth-order valence-corrected chi connectivity index (χ4v) is 1.34. The van der Waals surface area contributed by atoms with Crippen molar-refractivity contribution in [3.8, 4) is 5.75 Å². The zero-order chi connectivity index (χ0) is 11.4. The highest BCUT2D eigenvalue weighted by Crippen LogP contribution is 2.16. The van der Waals surface area contributed by atoms with Gasteiger partial charge in [0.25, 0.3) is 0 Å². The van der Waals surface area contributed by atoms with Crippen molar-refractivity contribution >= 4 is 5.71 Å². The van der Waals surface area contributed by atoms with E-state index in [0.29, 0.717) is 6.61 Å². The summed E-state index contributed by atoms with van der Waals surface area (Å²) in [4.78, 5) is 4.72. The minimum Gasteiger partial charge on any atom is -0.491 e. The maximum Gasteiger partial charge on any atom is 0.119 e. The molecule has 1 aliphatic heterocycles. The van der Waals surface area contributed by atoms with Crippen LogP contribution in [0.15, 0.2) is 29.4 Å². The van der Waals surface area contributed by atoms with Gasteiger partial charge in [0.1, 0.15) is 25.6 Å². The van der Waals surface area contributed by atoms with Gasteiger partial charge in [-0.1, -0.05) is 5.16 Å². The normalized spacial score (nSPS) is 19.4. The first kappa shape index (κ1) is 11.0. The smallest absolute Gasteiger partial charge is 0.119 e. The number of hydrogen-bond acceptors (Lipinski definition) is 4. The minimum absolute atomic E-state index is 0.288. The van der Waals surface area contributed by atoms with E-state index in [1.54, 1.807) is 0 Å². The molecule has 1 atom stereocenters. The summed E-state index contributed by atoms with van der Waals surface area (Å²) in [6.07, 6.45) is 0.288. The number of epoxide rings is 1. The summed E-state index contributed by atoms with van der Waals surface area (Å²) in [5.74, 6) is 0.851. The summed E-state index contributed by atoms with van der Waals surface area (Å²) < 4.78 is 10.6. The zero-order valence-corrected chi connectivity index (χ0v) is 9.47. The van der Waals surface area contributed by atoms with Gasteiger partial charge >= 0.3 is 0 Å². The number of oxime groups is 1. The maximum absolute atomic E-state index is 5.53. The van der Waals surface area contributed by atoms with Gasteiger partial charge < -0.3 is 14.3 Å². The van der Waals surface area contributed by atoms with Gasteiger partial charge in [0.2, 0.25) is 0 Å². The number of rotatable bonds is 5. The molecule has 0 aliphatic carbocycles. The highest BCUT2D eigenvalue weighted by atomic mass is 16.6. The molecule has 1 aromatic carbocycles. The number of nitrogens with zero attached hydrogens (tertiary/aromatic N) is 1. The van der Waals surface area contributed by atoms with Crippen LogP contribution in [0.4, 0.5) is 0 Å². The van der Waals surface area contributed by atoms with E-state index in [2.05, 4.69) is 5.16 Å². The summed E-state index contributed by atoms with van der Waals surface area (Å²) in [6, 6.07) is 7.76. The van der Waals surface area contributed by atoms with Gasteiger partial charge in [-0.2, -0.15) is 0 Å². The molecule has 0 radical (unpaired) electrons. The van der Waals surface area contributed by atoms with E-state index in [-0.39, 0.29) is 6.10 Å². The fourth-order valence-electron chi connectivity index (χ4n) is 1.34. The standard InChI is InChI=1S/C12H15NO3/c1-9(13-14-2)10-3-5-11(6-4-10)15-7-12-8-16-12/h3-6,12H,7-8H2,1-2H3/b13-9-/t12-/m0/s1. The lowest BCUT2D eigenvalue weighted by atomic mass is 10.1. The molecule has 86 valence electrons. The Balaban J connectivity index is 1.94. The Hall–Kier alpha value is -1.55. The molecule has 0 N–H and O–H groups in total. The van der Waals surface area contributed by atoms with Crippen LogP contribution in [-0.4, -0.2) is 32.1 Å². The summed E-state index contributed by atoms with van der Waals surface area (Å²) >= 11 is 0. The van der Waals surface area contributed by atoms with Gasteiger partial charge in [0.15, 0.2) is 0 Å². The molecule has 0 saturated carbocycles. The minimum atomic E-state index is 0.288. The maximum atomic E-state index is 5.53. The van der Waals surface area contributed by atoms with Gasteiger partial charge in [-0.15, -0.1) is 0 Å². The molecule has 1 fully saturated rings. The van der Waals surface area contributed by atoms with E-state index >= 15 is 0 Å². The molecular formula is C12H15NO3. The molecule has 0 amide bonds. The van der Waals surface area contributed by atoms with Crippen LogP contribution in [0.3, 0.4) is 0 Å². The molecule has 4 heteroatoms. The van der Waals surface area contributed by atoms with Crippen LogP contribution in [-0.2, 0) is 9.57 Å². The number of hydrogen-bond donors (Lipinski definition) is 0. The van der Waals surface area contributed by atoms with Gasteiger partial charge in [-0.05, 0) is 36.8 Å². The topological polar surface area (TPSA) is 43.4 Å². The van der Waals surface area contributed by atoms with Crippen LogP contribution in [0, 0.1) is 0 Å². The Morgan fingerprint density at radius 1 is 1.44 bits per heavy atom. The quantitative estimate of drug-likeness (QED) is 0.433. The molecule has 1 saturated heterocycles. The van der Waals surface area contributed by atoms with Crippen LogP contribution in [0.5, 0.6) is 5.75 Å². The highest BCUT2D eigenvalue weighted by Gasteiger charge is 2.22. The second-order valence-corrected chi connectivity index (χ2v) is 3.65. The molecule has 2 rings (SSSR count). The average molecular weight is 221 g/mol. The van der Waals surface area contributed by atoms with Crippen molar-refractivity contribution in [1.29, 1.82) is 0 Å². The third-order valence-corrected chi connectivity index (χ3v) is 2.34. The van der Waals surface area contributed by atoms with Crippen LogP contribution < -0.4 is 4.74 Å². The molecule has 4 nitrogen and oxygen atoms in total. The monoisotopic (exact) mass is 221 g/mol. The van der Waals surface area contributed by atoms with Gasteiger partial charge in [0.05, 0.1) is 12.3 Å². The lowest BCUT2D eigenvalue weighted by molar-refractivity contribution is 0.213. The van der Waals surface area contributed by atoms with Crippen molar-refractivity contribution in [2.24, 2.45) is 5.16 Å². The third-order valence-electron chi connectivity index (χ3n) is 2.34. The molecule has 1 aromatic rings. The Bertz CT molecular complexity index is 368. The van der Waals surface area contributed by atoms with E-state index in [9.17, 15) is 0 Å². The first-order valence-electron chi connectivity index (χ1n) is 5.22. The molecule has 1 heterocycles. The lowest BCUT2D eigenvalue weighted by Gasteiger charge is -2.05. The zero-order valence-electron chi connectivity index (χ0n) is 9.47. The largest absolute Gasteiger partial charge is 0.491 e. The molecule has 0 spiro atoms. The van der Waals surface area contributed by atoms with E-state index in [0.717, 1.165) is 23.6 Å². The predicted molar refractivity (Wildman–Crippen MR) is 60.9 cm³/mol. The highest BCUT2D eigenvalue weighted by molar-refractivity contribution is 5.98. The molecule has 0 aromatic heterocycles. The molecular weight excluding hydrogens is 206 g/mol. The number of ether oxygens (including phenoxy) is 2. The Morgan fingerprint density at radius 3 is 2.69 bits per heavy atom. The van der Waals surface area contributed by atoms with Crippen molar-refractivity contribution in [2.75, 3.05) is 20.3 Å². The lowest BCUT2D eigenvalue weighted by Crippen LogP contribution is -2.04. The third kappa shape index (κ3) is 2.97. The van der Waals surface area contributed by atoms with Crippen molar-refractivity contribution in [3.63, 3.8) is 0 Å². The first-order chi connectivity index (χ1) is 7.79. The summed E-state index contributed by atoms with van der Waals surface area (Å²) in [6.45, 7) is 3.35. The summed E-state index contributed by atoms with van der Waals surface area (Å²) in [7, 11) is 1.54. The van der Waals surface area contributed by atoms with Crippen LogP contribution in [0.25, 0.3) is 0 Å². The second kappa shape index (κ2) is 4.99. The summed E-state index contributed by atoms with van der Waals surface area (Å²) in [5, 5.41) is 3.86. The van der Waals surface area contributed by atoms with E-state index in [1.165, 1.54) is 7.11 Å². The first-order valence-corrected chi connectivity index (χ1v) is 5.22. The van der Waals surface area contributed by atoms with Gasteiger partial charge in [0, 0.05) is 0 Å². The van der Waals surface area contributed by atoms with Crippen molar-refractivity contribution in [3.05, 3.63) is 29.8 Å². The Labute approximate surface area is 94.8 Å². The Kier molecular flexibility index (Phi) is 3.41. The van der Waals surface area contributed by atoms with Crippen molar-refractivity contribution in [2.45, 2.75) is 13.0 Å². The predicted octanol–water partition coefficient (Wildman–Crippen LogP) is 1.83. The molecule has 0 bridgehead atoms. The van der Waals surface area contributed by atoms with Crippen LogP contribution in [0.2, 0.25) is 0 Å². The molecule has 16 heavy (non-hydrogen) atoms. The molecule has 1 aliphatic rings. The van der Waals surface area contributed by atoms with Crippen molar-refractivity contribution < 1.29 is 14.3 Å². The van der Waals surface area contributed by atoms with Gasteiger partial charge in [-0.3, -0.25) is 0 Å². The number of benzene rings is 1. The van der Waals surface area contributed by atoms with Crippen LogP contribution >= 0.6 is 0 Å². The van der Waals surface area contributed by atoms with E-state index in [4.69, 9.17) is 14.3 Å². The SMILES string of the molecule is CO/N=C(/C)c1ccc(OC[C@H]2CO2)cc1. The molecule has 0 unspecified atom stereocenters. The van der Waals surface area contributed by atoms with E-state index < -0.39 is 0 Å².